The lowest BCUT2D eigenvalue weighted by atomic mass is 10.1. The fourth-order valence-corrected chi connectivity index (χ4v) is 3.37. The van der Waals surface area contributed by atoms with Crippen LogP contribution in [0.3, 0.4) is 0 Å². The SMILES string of the molecule is Cc1cc2ccc(Cn3c(C(=O)N(C)c4ccccn4)cn(C)c3=O)cc2nc1N. The summed E-state index contributed by atoms with van der Waals surface area (Å²) in [5.41, 5.74) is 8.47. The molecule has 0 aliphatic heterocycles. The van der Waals surface area contributed by atoms with Crippen molar-refractivity contribution in [2.24, 2.45) is 7.05 Å². The molecule has 0 atom stereocenters. The van der Waals surface area contributed by atoms with E-state index in [1.165, 1.54) is 14.0 Å². The third-order valence-corrected chi connectivity index (χ3v) is 5.11. The van der Waals surface area contributed by atoms with Crippen LogP contribution in [0.25, 0.3) is 10.9 Å². The Balaban J connectivity index is 1.72. The van der Waals surface area contributed by atoms with Gasteiger partial charge in [-0.3, -0.25) is 14.3 Å². The molecule has 0 saturated carbocycles. The number of hydrogen-bond donors (Lipinski definition) is 1. The van der Waals surface area contributed by atoms with Gasteiger partial charge in [0, 0.05) is 31.9 Å². The highest BCUT2D eigenvalue weighted by molar-refractivity contribution is 6.04. The van der Waals surface area contributed by atoms with Crippen molar-refractivity contribution in [2.75, 3.05) is 17.7 Å². The summed E-state index contributed by atoms with van der Waals surface area (Å²) < 4.78 is 2.86. The minimum absolute atomic E-state index is 0.238. The number of benzene rings is 1. The van der Waals surface area contributed by atoms with Gasteiger partial charge >= 0.3 is 5.69 Å². The first-order chi connectivity index (χ1) is 14.3. The van der Waals surface area contributed by atoms with Crippen LogP contribution in [0, 0.1) is 6.92 Å². The van der Waals surface area contributed by atoms with Gasteiger partial charge in [0.2, 0.25) is 0 Å². The molecule has 8 heteroatoms. The minimum atomic E-state index is -0.315. The van der Waals surface area contributed by atoms with Gasteiger partial charge in [-0.25, -0.2) is 14.8 Å². The second-order valence-corrected chi connectivity index (χ2v) is 7.26. The van der Waals surface area contributed by atoms with Crippen molar-refractivity contribution in [2.45, 2.75) is 13.5 Å². The Morgan fingerprint density at radius 1 is 1.20 bits per heavy atom. The summed E-state index contributed by atoms with van der Waals surface area (Å²) in [7, 11) is 3.26. The third-order valence-electron chi connectivity index (χ3n) is 5.11. The standard InChI is InChI=1S/C22H22N6O2/c1-14-10-16-8-7-15(11-17(16)25-20(14)23)12-28-18(13-26(2)22(28)30)21(29)27(3)19-6-4-5-9-24-19/h4-11,13H,12H2,1-3H3,(H2,23,25). The molecule has 0 saturated heterocycles. The first kappa shape index (κ1) is 19.4. The number of amides is 1. The zero-order valence-corrected chi connectivity index (χ0v) is 17.0. The first-order valence-corrected chi connectivity index (χ1v) is 9.46. The minimum Gasteiger partial charge on any atom is -0.383 e. The van der Waals surface area contributed by atoms with Gasteiger partial charge in [0.15, 0.2) is 0 Å². The highest BCUT2D eigenvalue weighted by atomic mass is 16.2. The smallest absolute Gasteiger partial charge is 0.328 e. The van der Waals surface area contributed by atoms with E-state index in [1.54, 1.807) is 44.7 Å². The zero-order chi connectivity index (χ0) is 21.4. The number of carbonyl (C=O) groups excluding carboxylic acids is 1. The van der Waals surface area contributed by atoms with Crippen molar-refractivity contribution < 1.29 is 4.79 Å². The van der Waals surface area contributed by atoms with Crippen molar-refractivity contribution in [3.63, 3.8) is 0 Å². The van der Waals surface area contributed by atoms with Gasteiger partial charge in [-0.2, -0.15) is 0 Å². The number of aromatic nitrogens is 4. The molecule has 0 bridgehead atoms. The molecule has 0 fully saturated rings. The van der Waals surface area contributed by atoms with E-state index in [1.807, 2.05) is 31.2 Å². The van der Waals surface area contributed by atoms with Crippen LogP contribution in [0.1, 0.15) is 21.6 Å². The second-order valence-electron chi connectivity index (χ2n) is 7.26. The van der Waals surface area contributed by atoms with Gasteiger partial charge in [0.1, 0.15) is 17.3 Å². The number of aryl methyl sites for hydroxylation is 2. The Bertz CT molecular complexity index is 1310. The molecule has 30 heavy (non-hydrogen) atoms. The van der Waals surface area contributed by atoms with E-state index in [0.29, 0.717) is 11.6 Å². The Hall–Kier alpha value is -3.94. The number of carbonyl (C=O) groups is 1. The van der Waals surface area contributed by atoms with E-state index in [0.717, 1.165) is 22.0 Å². The maximum atomic E-state index is 13.1. The molecule has 2 N–H and O–H groups in total. The Morgan fingerprint density at radius 2 is 2.00 bits per heavy atom. The van der Waals surface area contributed by atoms with Crippen LogP contribution in [0.5, 0.6) is 0 Å². The van der Waals surface area contributed by atoms with Crippen LogP contribution in [0.2, 0.25) is 0 Å². The molecule has 3 aromatic heterocycles. The van der Waals surface area contributed by atoms with Crippen LogP contribution < -0.4 is 16.3 Å². The van der Waals surface area contributed by atoms with Gasteiger partial charge in [0.25, 0.3) is 5.91 Å². The van der Waals surface area contributed by atoms with Crippen molar-refractivity contribution in [3.05, 3.63) is 82.2 Å². The van der Waals surface area contributed by atoms with E-state index < -0.39 is 0 Å². The molecule has 0 radical (unpaired) electrons. The fraction of sp³-hybridized carbons (Fsp3) is 0.182. The molecular formula is C22H22N6O2. The largest absolute Gasteiger partial charge is 0.383 e. The van der Waals surface area contributed by atoms with E-state index in [2.05, 4.69) is 9.97 Å². The molecule has 152 valence electrons. The average Bonchev–Trinajstić information content (AvgIpc) is 3.02. The summed E-state index contributed by atoms with van der Waals surface area (Å²) in [6.07, 6.45) is 3.16. The maximum Gasteiger partial charge on any atom is 0.328 e. The topological polar surface area (TPSA) is 99.0 Å². The van der Waals surface area contributed by atoms with Crippen LogP contribution in [0.4, 0.5) is 11.6 Å². The number of rotatable bonds is 4. The van der Waals surface area contributed by atoms with E-state index in [9.17, 15) is 9.59 Å². The Kier molecular flexibility index (Phi) is 4.83. The average molecular weight is 402 g/mol. The lowest BCUT2D eigenvalue weighted by Gasteiger charge is -2.16. The molecule has 1 aromatic carbocycles. The fourth-order valence-electron chi connectivity index (χ4n) is 3.37. The molecule has 0 spiro atoms. The summed E-state index contributed by atoms with van der Waals surface area (Å²) in [6, 6.07) is 13.1. The van der Waals surface area contributed by atoms with Crippen molar-refractivity contribution in [1.29, 1.82) is 0 Å². The van der Waals surface area contributed by atoms with Crippen molar-refractivity contribution >= 4 is 28.4 Å². The zero-order valence-electron chi connectivity index (χ0n) is 17.0. The van der Waals surface area contributed by atoms with Crippen LogP contribution >= 0.6 is 0 Å². The van der Waals surface area contributed by atoms with Gasteiger partial charge < -0.3 is 10.3 Å². The lowest BCUT2D eigenvalue weighted by Crippen LogP contribution is -2.32. The van der Waals surface area contributed by atoms with Crippen LogP contribution in [-0.4, -0.2) is 32.1 Å². The number of nitrogens with two attached hydrogens (primary N) is 1. The summed E-state index contributed by atoms with van der Waals surface area (Å²) in [6.45, 7) is 2.15. The predicted molar refractivity (Wildman–Crippen MR) is 117 cm³/mol. The number of nitrogen functional groups attached to an aromatic ring is 1. The molecule has 0 aliphatic carbocycles. The normalized spacial score (nSPS) is 11.0. The molecule has 0 aliphatic rings. The molecule has 4 aromatic rings. The molecule has 4 rings (SSSR count). The highest BCUT2D eigenvalue weighted by Gasteiger charge is 2.21. The molecule has 8 nitrogen and oxygen atoms in total. The van der Waals surface area contributed by atoms with Gasteiger partial charge in [-0.05, 0) is 42.3 Å². The predicted octanol–water partition coefficient (Wildman–Crippen LogP) is 2.35. The van der Waals surface area contributed by atoms with Crippen molar-refractivity contribution in [1.82, 2.24) is 19.1 Å². The Morgan fingerprint density at radius 3 is 2.73 bits per heavy atom. The molecule has 3 heterocycles. The summed E-state index contributed by atoms with van der Waals surface area (Å²) in [5, 5.41) is 0.969. The quantitative estimate of drug-likeness (QED) is 0.565. The van der Waals surface area contributed by atoms with Crippen molar-refractivity contribution in [3.8, 4) is 0 Å². The number of pyridine rings is 2. The number of imidazole rings is 1. The lowest BCUT2D eigenvalue weighted by molar-refractivity contribution is 0.0983. The van der Waals surface area contributed by atoms with Gasteiger partial charge in [-0.15, -0.1) is 0 Å². The monoisotopic (exact) mass is 402 g/mol. The number of fused-ring (bicyclic) bond motifs is 1. The van der Waals surface area contributed by atoms with E-state index in [-0.39, 0.29) is 23.8 Å². The second kappa shape index (κ2) is 7.47. The molecular weight excluding hydrogens is 380 g/mol. The van der Waals surface area contributed by atoms with Gasteiger partial charge in [0.05, 0.1) is 12.1 Å². The number of anilines is 2. The number of hydrogen-bond acceptors (Lipinski definition) is 5. The summed E-state index contributed by atoms with van der Waals surface area (Å²) in [5.74, 6) is 0.667. The Labute approximate surface area is 173 Å². The summed E-state index contributed by atoms with van der Waals surface area (Å²) in [4.78, 5) is 35.9. The van der Waals surface area contributed by atoms with Crippen LogP contribution in [0.15, 0.2) is 59.7 Å². The van der Waals surface area contributed by atoms with E-state index in [4.69, 9.17) is 5.73 Å². The molecule has 0 unspecified atom stereocenters. The highest BCUT2D eigenvalue weighted by Crippen LogP contribution is 2.20. The van der Waals surface area contributed by atoms with E-state index >= 15 is 0 Å². The first-order valence-electron chi connectivity index (χ1n) is 9.46. The van der Waals surface area contributed by atoms with Gasteiger partial charge in [-0.1, -0.05) is 18.2 Å². The maximum absolute atomic E-state index is 13.1. The number of nitrogens with zero attached hydrogens (tertiary/aromatic N) is 5. The third kappa shape index (κ3) is 3.43. The van der Waals surface area contributed by atoms with Crippen LogP contribution in [-0.2, 0) is 13.6 Å². The summed E-state index contributed by atoms with van der Waals surface area (Å²) >= 11 is 0. The molecule has 1 amide bonds.